The van der Waals surface area contributed by atoms with Crippen molar-refractivity contribution in [3.05, 3.63) is 35.4 Å². The summed E-state index contributed by atoms with van der Waals surface area (Å²) in [4.78, 5) is 0. The summed E-state index contributed by atoms with van der Waals surface area (Å²) in [7, 11) is 0. The fourth-order valence-corrected chi connectivity index (χ4v) is 3.28. The Morgan fingerprint density at radius 1 is 1.22 bits per heavy atom. The van der Waals surface area contributed by atoms with Crippen LogP contribution in [-0.2, 0) is 19.5 Å². The molecule has 2 aliphatic rings. The number of nitrogens with zero attached hydrogens (tertiary/aromatic N) is 3. The average molecular weight is 314 g/mol. The summed E-state index contributed by atoms with van der Waals surface area (Å²) in [6.07, 6.45) is 3.46. The van der Waals surface area contributed by atoms with Gasteiger partial charge in [-0.15, -0.1) is 10.2 Å². The maximum Gasteiger partial charge on any atom is 0.165 e. The van der Waals surface area contributed by atoms with E-state index >= 15 is 0 Å². The molecule has 0 amide bonds. The molecule has 0 unspecified atom stereocenters. The molecule has 6 nitrogen and oxygen atoms in total. The summed E-state index contributed by atoms with van der Waals surface area (Å²) in [6, 6.07) is 6.19. The Kier molecular flexibility index (Phi) is 3.91. The summed E-state index contributed by atoms with van der Waals surface area (Å²) in [6.45, 7) is 5.11. The van der Waals surface area contributed by atoms with Crippen molar-refractivity contribution in [2.75, 3.05) is 13.2 Å². The number of rotatable bonds is 4. The Hall–Kier alpha value is -2.08. The minimum Gasteiger partial charge on any atom is -0.486 e. The molecule has 23 heavy (non-hydrogen) atoms. The molecule has 6 heteroatoms. The molecular formula is C17H22N4O2. The number of aryl methyl sites for hydroxylation is 1. The molecule has 0 aliphatic carbocycles. The molecule has 0 radical (unpaired) electrons. The van der Waals surface area contributed by atoms with E-state index in [9.17, 15) is 0 Å². The van der Waals surface area contributed by atoms with Crippen molar-refractivity contribution in [2.45, 2.75) is 45.3 Å². The standard InChI is InChI=1S/C17H22N4O2/c1-12(17-20-19-15-7-2-3-8-21(15)17)18-11-13-5-4-6-14-16(13)23-10-9-22-14/h4-6,12,18H,2-3,7-11H2,1H3/t12-/m0/s1. The van der Waals surface area contributed by atoms with Crippen LogP contribution in [0.15, 0.2) is 18.2 Å². The third kappa shape index (κ3) is 2.79. The Balaban J connectivity index is 1.48. The van der Waals surface area contributed by atoms with Gasteiger partial charge in [-0.05, 0) is 25.8 Å². The molecule has 1 N–H and O–H groups in total. The normalized spacial score (nSPS) is 17.6. The van der Waals surface area contributed by atoms with Crippen LogP contribution in [0.5, 0.6) is 11.5 Å². The van der Waals surface area contributed by atoms with Crippen LogP contribution in [0.3, 0.4) is 0 Å². The monoisotopic (exact) mass is 314 g/mol. The number of hydrogen-bond donors (Lipinski definition) is 1. The molecule has 0 saturated carbocycles. The van der Waals surface area contributed by atoms with Gasteiger partial charge in [0, 0.05) is 25.1 Å². The number of nitrogens with one attached hydrogen (secondary N) is 1. The highest BCUT2D eigenvalue weighted by Crippen LogP contribution is 2.33. The highest BCUT2D eigenvalue weighted by Gasteiger charge is 2.21. The summed E-state index contributed by atoms with van der Waals surface area (Å²) >= 11 is 0. The van der Waals surface area contributed by atoms with Crippen LogP contribution in [0.2, 0.25) is 0 Å². The fraction of sp³-hybridized carbons (Fsp3) is 0.529. The van der Waals surface area contributed by atoms with Gasteiger partial charge in [-0.1, -0.05) is 12.1 Å². The second kappa shape index (κ2) is 6.20. The number of fused-ring (bicyclic) bond motifs is 2. The van der Waals surface area contributed by atoms with Gasteiger partial charge in [0.25, 0.3) is 0 Å². The van der Waals surface area contributed by atoms with Gasteiger partial charge >= 0.3 is 0 Å². The quantitative estimate of drug-likeness (QED) is 0.938. The van der Waals surface area contributed by atoms with Gasteiger partial charge in [0.1, 0.15) is 24.9 Å². The van der Waals surface area contributed by atoms with Gasteiger partial charge in [-0.25, -0.2) is 0 Å². The zero-order valence-electron chi connectivity index (χ0n) is 13.4. The van der Waals surface area contributed by atoms with E-state index in [1.807, 2.05) is 12.1 Å². The Labute approximate surface area is 135 Å². The van der Waals surface area contributed by atoms with Crippen LogP contribution in [0.4, 0.5) is 0 Å². The number of ether oxygens (including phenoxy) is 2. The van der Waals surface area contributed by atoms with Crippen molar-refractivity contribution in [2.24, 2.45) is 0 Å². The second-order valence-electron chi connectivity index (χ2n) is 6.13. The van der Waals surface area contributed by atoms with E-state index in [0.717, 1.165) is 48.2 Å². The Bertz CT molecular complexity index is 698. The molecule has 122 valence electrons. The predicted molar refractivity (Wildman–Crippen MR) is 85.6 cm³/mol. The van der Waals surface area contributed by atoms with E-state index in [4.69, 9.17) is 9.47 Å². The number of para-hydroxylation sites is 1. The van der Waals surface area contributed by atoms with Gasteiger partial charge in [0.15, 0.2) is 11.5 Å². The molecule has 2 aliphatic heterocycles. The molecule has 3 heterocycles. The van der Waals surface area contributed by atoms with Crippen LogP contribution in [0.1, 0.15) is 43.0 Å². The Morgan fingerprint density at radius 3 is 3.09 bits per heavy atom. The lowest BCUT2D eigenvalue weighted by Crippen LogP contribution is -2.24. The zero-order chi connectivity index (χ0) is 15.6. The number of benzene rings is 1. The van der Waals surface area contributed by atoms with Crippen molar-refractivity contribution < 1.29 is 9.47 Å². The number of hydrogen-bond acceptors (Lipinski definition) is 5. The fourth-order valence-electron chi connectivity index (χ4n) is 3.28. The van der Waals surface area contributed by atoms with Crippen molar-refractivity contribution in [3.8, 4) is 11.5 Å². The third-order valence-electron chi connectivity index (χ3n) is 4.52. The van der Waals surface area contributed by atoms with E-state index < -0.39 is 0 Å². The van der Waals surface area contributed by atoms with Gasteiger partial charge in [0.2, 0.25) is 0 Å². The molecule has 0 spiro atoms. The maximum atomic E-state index is 5.77. The smallest absolute Gasteiger partial charge is 0.165 e. The largest absolute Gasteiger partial charge is 0.486 e. The number of aromatic nitrogens is 3. The minimum atomic E-state index is 0.148. The Morgan fingerprint density at radius 2 is 2.13 bits per heavy atom. The lowest BCUT2D eigenvalue weighted by Gasteiger charge is -2.22. The van der Waals surface area contributed by atoms with E-state index in [0.29, 0.717) is 13.2 Å². The molecule has 1 aromatic heterocycles. The van der Waals surface area contributed by atoms with Crippen molar-refractivity contribution in [1.29, 1.82) is 0 Å². The second-order valence-corrected chi connectivity index (χ2v) is 6.13. The third-order valence-corrected chi connectivity index (χ3v) is 4.52. The highest BCUT2D eigenvalue weighted by atomic mass is 16.6. The first-order valence-electron chi connectivity index (χ1n) is 8.36. The van der Waals surface area contributed by atoms with Gasteiger partial charge in [-0.2, -0.15) is 0 Å². The first kappa shape index (κ1) is 14.5. The molecule has 0 saturated heterocycles. The molecule has 0 fully saturated rings. The van der Waals surface area contributed by atoms with Crippen LogP contribution < -0.4 is 14.8 Å². The van der Waals surface area contributed by atoms with Crippen molar-refractivity contribution in [3.63, 3.8) is 0 Å². The summed E-state index contributed by atoms with van der Waals surface area (Å²) in [5.74, 6) is 3.85. The van der Waals surface area contributed by atoms with Crippen LogP contribution in [0.25, 0.3) is 0 Å². The topological polar surface area (TPSA) is 61.2 Å². The van der Waals surface area contributed by atoms with E-state index in [1.165, 1.54) is 12.8 Å². The molecule has 1 aromatic carbocycles. The molecule has 4 rings (SSSR count). The highest BCUT2D eigenvalue weighted by molar-refractivity contribution is 5.47. The van der Waals surface area contributed by atoms with Crippen LogP contribution in [-0.4, -0.2) is 28.0 Å². The van der Waals surface area contributed by atoms with Crippen LogP contribution >= 0.6 is 0 Å². The van der Waals surface area contributed by atoms with Gasteiger partial charge < -0.3 is 19.4 Å². The molecule has 2 aromatic rings. The lowest BCUT2D eigenvalue weighted by atomic mass is 10.1. The average Bonchev–Trinajstić information content (AvgIpc) is 3.04. The van der Waals surface area contributed by atoms with Crippen molar-refractivity contribution >= 4 is 0 Å². The molecular weight excluding hydrogens is 292 g/mol. The molecule has 0 bridgehead atoms. The minimum absolute atomic E-state index is 0.148. The SMILES string of the molecule is C[C@H](NCc1cccc2c1OCCO2)c1nnc2n1CCCC2. The first-order chi connectivity index (χ1) is 11.3. The predicted octanol–water partition coefficient (Wildman–Crippen LogP) is 2.24. The molecule has 1 atom stereocenters. The maximum absolute atomic E-state index is 5.77. The zero-order valence-corrected chi connectivity index (χ0v) is 13.4. The first-order valence-corrected chi connectivity index (χ1v) is 8.36. The van der Waals surface area contributed by atoms with Gasteiger partial charge in [-0.3, -0.25) is 0 Å². The van der Waals surface area contributed by atoms with E-state index in [-0.39, 0.29) is 6.04 Å². The summed E-state index contributed by atoms with van der Waals surface area (Å²) < 4.78 is 13.7. The summed E-state index contributed by atoms with van der Waals surface area (Å²) in [5.41, 5.74) is 1.12. The van der Waals surface area contributed by atoms with Crippen LogP contribution in [0, 0.1) is 0 Å². The lowest BCUT2D eigenvalue weighted by molar-refractivity contribution is 0.169. The van der Waals surface area contributed by atoms with Crippen molar-refractivity contribution in [1.82, 2.24) is 20.1 Å². The van der Waals surface area contributed by atoms with E-state index in [2.05, 4.69) is 33.1 Å². The van der Waals surface area contributed by atoms with E-state index in [1.54, 1.807) is 0 Å². The van der Waals surface area contributed by atoms with Gasteiger partial charge in [0.05, 0.1) is 6.04 Å². The summed E-state index contributed by atoms with van der Waals surface area (Å²) in [5, 5.41) is 12.3.